The molecule has 35 heavy (non-hydrogen) atoms. The van der Waals surface area contributed by atoms with Crippen molar-refractivity contribution in [1.82, 2.24) is 5.32 Å². The zero-order chi connectivity index (χ0) is 24.9. The minimum atomic E-state index is -0.842. The van der Waals surface area contributed by atoms with Crippen molar-refractivity contribution in [1.29, 1.82) is 0 Å². The Morgan fingerprint density at radius 1 is 0.829 bits per heavy atom. The number of carboxylic acids is 1. The molecule has 184 valence electrons. The summed E-state index contributed by atoms with van der Waals surface area (Å²) < 4.78 is 0. The number of nitrogens with one attached hydrogen (secondary N) is 1. The molecule has 0 bridgehead atoms. The van der Waals surface area contributed by atoms with Crippen LogP contribution in [0, 0.1) is 0 Å². The Bertz CT molecular complexity index is 1090. The lowest BCUT2D eigenvalue weighted by Crippen LogP contribution is -2.40. The molecule has 0 aromatic heterocycles. The first-order valence-corrected chi connectivity index (χ1v) is 13.0. The van der Waals surface area contributed by atoms with Gasteiger partial charge in [0, 0.05) is 28.6 Å². The maximum Gasteiger partial charge on any atom is 0.322 e. The first-order valence-electron chi connectivity index (χ1n) is 12.2. The number of carbonyl (C=O) groups excluding carboxylic acids is 1. The predicted octanol–water partition coefficient (Wildman–Crippen LogP) is 7.15. The van der Waals surface area contributed by atoms with E-state index in [4.69, 9.17) is 5.11 Å². The van der Waals surface area contributed by atoms with E-state index < -0.39 is 5.97 Å². The molecule has 0 spiro atoms. The molecule has 0 aliphatic rings. The molecule has 0 heterocycles. The van der Waals surface area contributed by atoms with Crippen LogP contribution in [-0.2, 0) is 17.8 Å². The van der Waals surface area contributed by atoms with Crippen LogP contribution in [0.2, 0.25) is 0 Å². The molecule has 0 saturated carbocycles. The highest BCUT2D eigenvalue weighted by molar-refractivity contribution is 7.99. The smallest absolute Gasteiger partial charge is 0.322 e. The van der Waals surface area contributed by atoms with Crippen LogP contribution < -0.4 is 10.2 Å². The number of carboxylic acid groups (broad SMARTS) is 1. The van der Waals surface area contributed by atoms with Gasteiger partial charge in [0.1, 0.15) is 0 Å². The maximum atomic E-state index is 13.2. The number of hydrogen-bond acceptors (Lipinski definition) is 3. The van der Waals surface area contributed by atoms with Gasteiger partial charge in [0.05, 0.1) is 6.42 Å². The zero-order valence-electron chi connectivity index (χ0n) is 20.3. The Kier molecular flexibility index (Phi) is 10.7. The van der Waals surface area contributed by atoms with Crippen LogP contribution in [0.15, 0.2) is 88.7 Å². The van der Waals surface area contributed by atoms with Gasteiger partial charge in [0.15, 0.2) is 0 Å². The van der Waals surface area contributed by atoms with Crippen molar-refractivity contribution in [3.63, 3.8) is 0 Å². The second-order valence-electron chi connectivity index (χ2n) is 8.53. The SMILES string of the molecule is CCCCCCCN(C(=O)NCc1ccccc1)c1cccc(Sc2cccc(CC(=O)O)c2)c1. The van der Waals surface area contributed by atoms with E-state index in [2.05, 4.69) is 12.2 Å². The molecule has 6 heteroatoms. The largest absolute Gasteiger partial charge is 0.481 e. The maximum absolute atomic E-state index is 13.2. The number of rotatable bonds is 13. The molecular weight excluding hydrogens is 456 g/mol. The van der Waals surface area contributed by atoms with E-state index in [1.807, 2.05) is 83.8 Å². The summed E-state index contributed by atoms with van der Waals surface area (Å²) in [6, 6.07) is 25.4. The molecule has 3 aromatic rings. The molecule has 0 fully saturated rings. The standard InChI is InChI=1S/C29H34N2O3S/c1-2-3-4-5-9-18-31(29(34)30-22-23-12-7-6-8-13-23)25-15-11-17-27(21-25)35-26-16-10-14-24(19-26)20-28(32)33/h6-8,10-17,19,21H,2-5,9,18,20,22H2,1H3,(H,30,34)(H,32,33). The summed E-state index contributed by atoms with van der Waals surface area (Å²) in [5.74, 6) is -0.842. The van der Waals surface area contributed by atoms with Gasteiger partial charge in [-0.25, -0.2) is 4.79 Å². The van der Waals surface area contributed by atoms with Gasteiger partial charge in [0.2, 0.25) is 0 Å². The van der Waals surface area contributed by atoms with Gasteiger partial charge < -0.3 is 10.4 Å². The molecule has 0 aliphatic heterocycles. The van der Waals surface area contributed by atoms with E-state index >= 15 is 0 Å². The molecule has 2 amide bonds. The third-order valence-electron chi connectivity index (χ3n) is 5.64. The van der Waals surface area contributed by atoms with E-state index in [0.717, 1.165) is 39.4 Å². The third-order valence-corrected chi connectivity index (χ3v) is 6.62. The molecule has 2 N–H and O–H groups in total. The Morgan fingerprint density at radius 2 is 1.51 bits per heavy atom. The van der Waals surface area contributed by atoms with Gasteiger partial charge >= 0.3 is 12.0 Å². The number of aliphatic carboxylic acids is 1. The number of urea groups is 1. The highest BCUT2D eigenvalue weighted by atomic mass is 32.2. The van der Waals surface area contributed by atoms with Crippen LogP contribution in [0.3, 0.4) is 0 Å². The highest BCUT2D eigenvalue weighted by Gasteiger charge is 2.16. The molecule has 3 rings (SSSR count). The summed E-state index contributed by atoms with van der Waals surface area (Å²) >= 11 is 1.57. The second kappa shape index (κ2) is 14.2. The lowest BCUT2D eigenvalue weighted by molar-refractivity contribution is -0.136. The van der Waals surface area contributed by atoms with Gasteiger partial charge in [0.25, 0.3) is 0 Å². The normalized spacial score (nSPS) is 10.7. The van der Waals surface area contributed by atoms with E-state index in [1.165, 1.54) is 19.3 Å². The molecule has 3 aromatic carbocycles. The predicted molar refractivity (Wildman–Crippen MR) is 143 cm³/mol. The first kappa shape index (κ1) is 26.4. The minimum absolute atomic E-state index is 0.00182. The summed E-state index contributed by atoms with van der Waals surface area (Å²) in [6.45, 7) is 3.34. The number of unbranched alkanes of at least 4 members (excludes halogenated alkanes) is 4. The van der Waals surface area contributed by atoms with Gasteiger partial charge in [-0.05, 0) is 47.9 Å². The number of benzene rings is 3. The van der Waals surface area contributed by atoms with Crippen molar-refractivity contribution in [3.05, 3.63) is 90.0 Å². The Balaban J connectivity index is 1.72. The van der Waals surface area contributed by atoms with Crippen molar-refractivity contribution < 1.29 is 14.7 Å². The second-order valence-corrected chi connectivity index (χ2v) is 9.67. The Labute approximate surface area is 212 Å². The van der Waals surface area contributed by atoms with Crippen LogP contribution >= 0.6 is 11.8 Å². The van der Waals surface area contributed by atoms with Crippen LogP contribution in [-0.4, -0.2) is 23.7 Å². The van der Waals surface area contributed by atoms with Crippen molar-refractivity contribution in [2.24, 2.45) is 0 Å². The minimum Gasteiger partial charge on any atom is -0.481 e. The fraction of sp³-hybridized carbons (Fsp3) is 0.310. The van der Waals surface area contributed by atoms with Crippen LogP contribution in [0.4, 0.5) is 10.5 Å². The number of nitrogens with zero attached hydrogens (tertiary/aromatic N) is 1. The molecule has 0 radical (unpaired) electrons. The lowest BCUT2D eigenvalue weighted by atomic mass is 10.1. The van der Waals surface area contributed by atoms with Crippen molar-refractivity contribution in [2.45, 2.75) is 61.8 Å². The summed E-state index contributed by atoms with van der Waals surface area (Å²) in [7, 11) is 0. The van der Waals surface area contributed by atoms with E-state index in [1.54, 1.807) is 11.8 Å². The molecule has 0 unspecified atom stereocenters. The average molecular weight is 491 g/mol. The summed E-state index contributed by atoms with van der Waals surface area (Å²) in [5, 5.41) is 12.2. The van der Waals surface area contributed by atoms with Crippen molar-refractivity contribution in [2.75, 3.05) is 11.4 Å². The van der Waals surface area contributed by atoms with E-state index in [-0.39, 0.29) is 12.5 Å². The molecule has 0 aliphatic carbocycles. The van der Waals surface area contributed by atoms with Gasteiger partial charge in [-0.15, -0.1) is 0 Å². The fourth-order valence-electron chi connectivity index (χ4n) is 3.83. The molecule has 0 atom stereocenters. The number of amides is 2. The number of carbonyl (C=O) groups is 2. The molecule has 5 nitrogen and oxygen atoms in total. The fourth-order valence-corrected chi connectivity index (χ4v) is 4.79. The Hall–Kier alpha value is -3.25. The number of anilines is 1. The van der Waals surface area contributed by atoms with Crippen LogP contribution in [0.1, 0.15) is 50.2 Å². The van der Waals surface area contributed by atoms with Crippen LogP contribution in [0.25, 0.3) is 0 Å². The van der Waals surface area contributed by atoms with Gasteiger partial charge in [-0.3, -0.25) is 9.69 Å². The van der Waals surface area contributed by atoms with Gasteiger partial charge in [-0.2, -0.15) is 0 Å². The van der Waals surface area contributed by atoms with Crippen LogP contribution in [0.5, 0.6) is 0 Å². The monoisotopic (exact) mass is 490 g/mol. The highest BCUT2D eigenvalue weighted by Crippen LogP contribution is 2.31. The Morgan fingerprint density at radius 3 is 2.26 bits per heavy atom. The third kappa shape index (κ3) is 9.13. The summed E-state index contributed by atoms with van der Waals surface area (Å²) in [5.41, 5.74) is 2.69. The first-order chi connectivity index (χ1) is 17.0. The van der Waals surface area contributed by atoms with E-state index in [0.29, 0.717) is 13.1 Å². The van der Waals surface area contributed by atoms with Crippen molar-refractivity contribution >= 4 is 29.4 Å². The van der Waals surface area contributed by atoms with Crippen molar-refractivity contribution in [3.8, 4) is 0 Å². The topological polar surface area (TPSA) is 69.6 Å². The van der Waals surface area contributed by atoms with E-state index in [9.17, 15) is 9.59 Å². The zero-order valence-corrected chi connectivity index (χ0v) is 21.1. The molecule has 0 saturated heterocycles. The molecular formula is C29H34N2O3S. The number of hydrogen-bond donors (Lipinski definition) is 2. The quantitative estimate of drug-likeness (QED) is 0.250. The van der Waals surface area contributed by atoms with Gasteiger partial charge in [-0.1, -0.05) is 92.9 Å². The summed E-state index contributed by atoms with van der Waals surface area (Å²) in [4.78, 5) is 28.1. The average Bonchev–Trinajstić information content (AvgIpc) is 2.85. The summed E-state index contributed by atoms with van der Waals surface area (Å²) in [6.07, 6.45) is 5.64. The lowest BCUT2D eigenvalue weighted by Gasteiger charge is -2.24.